The van der Waals surface area contributed by atoms with E-state index in [-0.39, 0.29) is 0 Å². The molecule has 90 valence electrons. The number of rotatable bonds is 3. The fraction of sp³-hybridized carbons (Fsp3) is 0.500. The summed E-state index contributed by atoms with van der Waals surface area (Å²) in [6.45, 7) is 2.60. The van der Waals surface area contributed by atoms with Gasteiger partial charge in [0, 0.05) is 13.1 Å². The summed E-state index contributed by atoms with van der Waals surface area (Å²) in [6, 6.07) is 10.4. The summed E-state index contributed by atoms with van der Waals surface area (Å²) in [6.07, 6.45) is 3.75. The van der Waals surface area contributed by atoms with Gasteiger partial charge in [0.1, 0.15) is 0 Å². The number of benzene rings is 1. The van der Waals surface area contributed by atoms with Crippen molar-refractivity contribution in [3.63, 3.8) is 0 Å². The van der Waals surface area contributed by atoms with Crippen LogP contribution in [0.4, 0.5) is 0 Å². The Morgan fingerprint density at radius 1 is 1.24 bits per heavy atom. The Bertz CT molecular complexity index is 404. The molecule has 2 saturated heterocycles. The van der Waals surface area contributed by atoms with Gasteiger partial charge >= 0.3 is 0 Å². The first-order valence-corrected chi connectivity index (χ1v) is 6.42. The number of nitrogens with zero attached hydrogens (tertiary/aromatic N) is 2. The van der Waals surface area contributed by atoms with Gasteiger partial charge in [0.05, 0.1) is 12.7 Å². The molecule has 0 aromatic heterocycles. The van der Waals surface area contributed by atoms with E-state index >= 15 is 0 Å². The average Bonchev–Trinajstić information content (AvgIpc) is 2.89. The van der Waals surface area contributed by atoms with Crippen LogP contribution in [0.1, 0.15) is 18.4 Å². The second kappa shape index (κ2) is 4.49. The van der Waals surface area contributed by atoms with Crippen molar-refractivity contribution in [3.8, 4) is 0 Å². The SMILES string of the molecule is O=C1CN2CCCC2N1CCc1ccccc1. The predicted octanol–water partition coefficient (Wildman–Crippen LogP) is 1.49. The van der Waals surface area contributed by atoms with Crippen molar-refractivity contribution in [2.75, 3.05) is 19.6 Å². The van der Waals surface area contributed by atoms with Crippen LogP contribution in [0.5, 0.6) is 0 Å². The average molecular weight is 230 g/mol. The van der Waals surface area contributed by atoms with Gasteiger partial charge < -0.3 is 4.90 Å². The molecule has 0 saturated carbocycles. The molecule has 2 fully saturated rings. The fourth-order valence-corrected chi connectivity index (χ4v) is 2.94. The van der Waals surface area contributed by atoms with E-state index in [1.165, 1.54) is 12.0 Å². The van der Waals surface area contributed by atoms with Gasteiger partial charge in [0.15, 0.2) is 0 Å². The van der Waals surface area contributed by atoms with Crippen molar-refractivity contribution in [1.29, 1.82) is 0 Å². The van der Waals surface area contributed by atoms with E-state index in [0.717, 1.165) is 25.9 Å². The lowest BCUT2D eigenvalue weighted by molar-refractivity contribution is -0.128. The maximum atomic E-state index is 11.9. The lowest BCUT2D eigenvalue weighted by atomic mass is 10.1. The molecule has 2 aliphatic heterocycles. The summed E-state index contributed by atoms with van der Waals surface area (Å²) in [5, 5.41) is 0. The number of carbonyl (C=O) groups excluding carboxylic acids is 1. The lowest BCUT2D eigenvalue weighted by Gasteiger charge is -2.24. The van der Waals surface area contributed by atoms with Gasteiger partial charge in [-0.3, -0.25) is 9.69 Å². The van der Waals surface area contributed by atoms with Crippen molar-refractivity contribution >= 4 is 5.91 Å². The van der Waals surface area contributed by atoms with Crippen LogP contribution in [0.15, 0.2) is 30.3 Å². The van der Waals surface area contributed by atoms with Gasteiger partial charge in [0.2, 0.25) is 5.91 Å². The Morgan fingerprint density at radius 3 is 2.88 bits per heavy atom. The molecule has 0 aliphatic carbocycles. The molecule has 1 aromatic rings. The van der Waals surface area contributed by atoms with Crippen molar-refractivity contribution in [2.24, 2.45) is 0 Å². The summed E-state index contributed by atoms with van der Waals surface area (Å²) >= 11 is 0. The summed E-state index contributed by atoms with van der Waals surface area (Å²) < 4.78 is 0. The van der Waals surface area contributed by atoms with E-state index in [0.29, 0.717) is 18.6 Å². The first-order chi connectivity index (χ1) is 8.34. The Hall–Kier alpha value is -1.35. The molecule has 0 radical (unpaired) electrons. The first kappa shape index (κ1) is 10.8. The van der Waals surface area contributed by atoms with E-state index in [1.807, 2.05) is 6.07 Å². The predicted molar refractivity (Wildman–Crippen MR) is 66.5 cm³/mol. The van der Waals surface area contributed by atoms with E-state index in [4.69, 9.17) is 0 Å². The van der Waals surface area contributed by atoms with E-state index in [1.54, 1.807) is 0 Å². The molecule has 2 aliphatic rings. The zero-order valence-corrected chi connectivity index (χ0v) is 10.0. The third kappa shape index (κ3) is 2.07. The Morgan fingerprint density at radius 2 is 2.06 bits per heavy atom. The third-order valence-electron chi connectivity index (χ3n) is 3.83. The van der Waals surface area contributed by atoms with Crippen LogP contribution in [-0.2, 0) is 11.2 Å². The summed E-state index contributed by atoms with van der Waals surface area (Å²) in [7, 11) is 0. The zero-order chi connectivity index (χ0) is 11.7. The van der Waals surface area contributed by atoms with Gasteiger partial charge in [-0.25, -0.2) is 0 Å². The Kier molecular flexibility index (Phi) is 2.85. The largest absolute Gasteiger partial charge is 0.325 e. The molecule has 1 atom stereocenters. The minimum atomic E-state index is 0.311. The molecule has 0 spiro atoms. The molecule has 1 unspecified atom stereocenters. The summed E-state index contributed by atoms with van der Waals surface area (Å²) in [5.74, 6) is 0.311. The van der Waals surface area contributed by atoms with Gasteiger partial charge in [-0.15, -0.1) is 0 Å². The fourth-order valence-electron chi connectivity index (χ4n) is 2.94. The topological polar surface area (TPSA) is 23.6 Å². The van der Waals surface area contributed by atoms with Crippen molar-refractivity contribution in [2.45, 2.75) is 25.4 Å². The molecular formula is C14H18N2O. The van der Waals surface area contributed by atoms with Crippen LogP contribution in [0.3, 0.4) is 0 Å². The van der Waals surface area contributed by atoms with Crippen LogP contribution in [0.2, 0.25) is 0 Å². The van der Waals surface area contributed by atoms with Crippen LogP contribution in [-0.4, -0.2) is 41.5 Å². The van der Waals surface area contributed by atoms with Crippen LogP contribution in [0, 0.1) is 0 Å². The van der Waals surface area contributed by atoms with Crippen molar-refractivity contribution in [1.82, 2.24) is 9.80 Å². The quantitative estimate of drug-likeness (QED) is 0.785. The molecule has 3 rings (SSSR count). The Labute approximate surface area is 102 Å². The van der Waals surface area contributed by atoms with E-state index in [9.17, 15) is 4.79 Å². The molecule has 0 N–H and O–H groups in total. The summed E-state index contributed by atoms with van der Waals surface area (Å²) in [5.41, 5.74) is 1.32. The van der Waals surface area contributed by atoms with Gasteiger partial charge in [-0.05, 0) is 24.8 Å². The number of carbonyl (C=O) groups is 1. The van der Waals surface area contributed by atoms with Crippen LogP contribution >= 0.6 is 0 Å². The highest BCUT2D eigenvalue weighted by atomic mass is 16.2. The van der Waals surface area contributed by atoms with Crippen LogP contribution < -0.4 is 0 Å². The van der Waals surface area contributed by atoms with Gasteiger partial charge in [-0.1, -0.05) is 30.3 Å². The number of hydrogen-bond acceptors (Lipinski definition) is 2. The Balaban J connectivity index is 1.63. The molecule has 3 heteroatoms. The minimum Gasteiger partial charge on any atom is -0.325 e. The molecule has 3 nitrogen and oxygen atoms in total. The number of fused-ring (bicyclic) bond motifs is 1. The number of hydrogen-bond donors (Lipinski definition) is 0. The molecule has 0 bridgehead atoms. The van der Waals surface area contributed by atoms with Gasteiger partial charge in [-0.2, -0.15) is 0 Å². The zero-order valence-electron chi connectivity index (χ0n) is 10.0. The maximum Gasteiger partial charge on any atom is 0.238 e. The molecule has 2 heterocycles. The third-order valence-corrected chi connectivity index (χ3v) is 3.83. The molecule has 1 aromatic carbocycles. The highest BCUT2D eigenvalue weighted by molar-refractivity contribution is 5.80. The standard InChI is InChI=1S/C14H18N2O/c17-14-11-15-9-4-7-13(15)16(14)10-8-12-5-2-1-3-6-12/h1-3,5-6,13H,4,7-11H2. The summed E-state index contributed by atoms with van der Waals surface area (Å²) in [4.78, 5) is 16.3. The lowest BCUT2D eigenvalue weighted by Crippen LogP contribution is -2.37. The van der Waals surface area contributed by atoms with E-state index < -0.39 is 0 Å². The van der Waals surface area contributed by atoms with Crippen LogP contribution in [0.25, 0.3) is 0 Å². The maximum absolute atomic E-state index is 11.9. The molecular weight excluding hydrogens is 212 g/mol. The molecule has 1 amide bonds. The smallest absolute Gasteiger partial charge is 0.238 e. The second-order valence-corrected chi connectivity index (χ2v) is 4.92. The monoisotopic (exact) mass is 230 g/mol. The number of amides is 1. The second-order valence-electron chi connectivity index (χ2n) is 4.92. The van der Waals surface area contributed by atoms with Crippen molar-refractivity contribution in [3.05, 3.63) is 35.9 Å². The van der Waals surface area contributed by atoms with Gasteiger partial charge in [0.25, 0.3) is 0 Å². The van der Waals surface area contributed by atoms with Crippen molar-refractivity contribution < 1.29 is 4.79 Å². The normalized spacial score (nSPS) is 24.4. The minimum absolute atomic E-state index is 0.311. The highest BCUT2D eigenvalue weighted by Crippen LogP contribution is 2.26. The van der Waals surface area contributed by atoms with E-state index in [2.05, 4.69) is 34.1 Å². The molecule has 17 heavy (non-hydrogen) atoms. The highest BCUT2D eigenvalue weighted by Gasteiger charge is 2.39. The first-order valence-electron chi connectivity index (χ1n) is 6.42.